The van der Waals surface area contributed by atoms with E-state index in [9.17, 15) is 23.1 Å². The Morgan fingerprint density at radius 1 is 1.22 bits per heavy atom. The van der Waals surface area contributed by atoms with Crippen molar-refractivity contribution in [3.05, 3.63) is 52.9 Å². The maximum Gasteiger partial charge on any atom is 0.433 e. The largest absolute Gasteiger partial charge is 0.481 e. The van der Waals surface area contributed by atoms with Crippen molar-refractivity contribution in [2.45, 2.75) is 44.4 Å². The zero-order valence-corrected chi connectivity index (χ0v) is 20.4. The Morgan fingerprint density at radius 2 is 1.97 bits per heavy atom. The van der Waals surface area contributed by atoms with E-state index in [0.717, 1.165) is 28.3 Å². The summed E-state index contributed by atoms with van der Waals surface area (Å²) in [6.45, 7) is 3.86. The molecule has 3 aromatic rings. The highest BCUT2D eigenvalue weighted by Gasteiger charge is 2.36. The summed E-state index contributed by atoms with van der Waals surface area (Å²) in [6.07, 6.45) is -0.112. The first-order valence-corrected chi connectivity index (χ1v) is 12.3. The molecule has 192 valence electrons. The lowest BCUT2D eigenvalue weighted by atomic mass is 9.92. The van der Waals surface area contributed by atoms with Crippen LogP contribution in [0.25, 0.3) is 10.4 Å². The molecule has 0 amide bonds. The van der Waals surface area contributed by atoms with Crippen LogP contribution in [0.1, 0.15) is 41.9 Å². The number of benzene rings is 1. The van der Waals surface area contributed by atoms with E-state index in [2.05, 4.69) is 25.2 Å². The number of alkyl halides is 3. The van der Waals surface area contributed by atoms with Gasteiger partial charge in [0.15, 0.2) is 0 Å². The number of piperidine rings is 1. The molecule has 8 nitrogen and oxygen atoms in total. The summed E-state index contributed by atoms with van der Waals surface area (Å²) in [5, 5.41) is 23.5. The normalized spacial score (nSPS) is 16.1. The third kappa shape index (κ3) is 6.37. The molecule has 0 aliphatic carbocycles. The van der Waals surface area contributed by atoms with Crippen LogP contribution in [-0.2, 0) is 16.6 Å². The van der Waals surface area contributed by atoms with E-state index < -0.39 is 23.4 Å². The van der Waals surface area contributed by atoms with Crippen molar-refractivity contribution in [3.8, 4) is 10.4 Å². The zero-order chi connectivity index (χ0) is 25.9. The number of carboxylic acids is 1. The highest BCUT2D eigenvalue weighted by atomic mass is 32.1. The lowest BCUT2D eigenvalue weighted by Crippen LogP contribution is -2.42. The summed E-state index contributed by atoms with van der Waals surface area (Å²) in [7, 11) is 0. The van der Waals surface area contributed by atoms with E-state index in [4.69, 9.17) is 5.11 Å². The van der Waals surface area contributed by atoms with Gasteiger partial charge in [-0.15, -0.1) is 11.3 Å². The first kappa shape index (κ1) is 26.0. The van der Waals surface area contributed by atoms with Gasteiger partial charge in [0.1, 0.15) is 16.3 Å². The summed E-state index contributed by atoms with van der Waals surface area (Å²) >= 11 is 1.38. The summed E-state index contributed by atoms with van der Waals surface area (Å²) < 4.78 is 38.9. The van der Waals surface area contributed by atoms with Crippen LogP contribution in [0.4, 0.5) is 24.8 Å². The number of aliphatic carboxylic acids is 1. The van der Waals surface area contributed by atoms with E-state index in [-0.39, 0.29) is 12.4 Å². The van der Waals surface area contributed by atoms with Crippen molar-refractivity contribution in [2.75, 3.05) is 25.0 Å². The number of thiazole rings is 1. The Balaban J connectivity index is 1.46. The van der Waals surface area contributed by atoms with Gasteiger partial charge in [0.05, 0.1) is 4.88 Å². The summed E-state index contributed by atoms with van der Waals surface area (Å²) in [6, 6.07) is 6.31. The number of hydrogen-bond donors (Lipinski definition) is 3. The van der Waals surface area contributed by atoms with E-state index >= 15 is 0 Å². The molecule has 0 bridgehead atoms. The van der Waals surface area contributed by atoms with Gasteiger partial charge in [-0.2, -0.15) is 13.2 Å². The van der Waals surface area contributed by atoms with Crippen molar-refractivity contribution in [1.29, 1.82) is 0 Å². The van der Waals surface area contributed by atoms with Crippen LogP contribution in [0, 0.1) is 6.92 Å². The van der Waals surface area contributed by atoms with E-state index in [1.165, 1.54) is 11.3 Å². The van der Waals surface area contributed by atoms with Gasteiger partial charge in [0, 0.05) is 37.6 Å². The minimum atomic E-state index is -4.56. The lowest BCUT2D eigenvalue weighted by molar-refractivity contribution is -0.141. The van der Waals surface area contributed by atoms with Crippen LogP contribution in [0.5, 0.6) is 0 Å². The Hall–Kier alpha value is -3.09. The molecule has 1 aliphatic heterocycles. The second-order valence-electron chi connectivity index (χ2n) is 8.88. The average Bonchev–Trinajstić information content (AvgIpc) is 3.31. The molecule has 1 aromatic carbocycles. The highest BCUT2D eigenvalue weighted by molar-refractivity contribution is 7.15. The molecule has 3 heterocycles. The molecule has 2 aromatic heterocycles. The van der Waals surface area contributed by atoms with Gasteiger partial charge in [-0.05, 0) is 62.1 Å². The maximum atomic E-state index is 13.0. The zero-order valence-electron chi connectivity index (χ0n) is 19.5. The Morgan fingerprint density at radius 3 is 2.67 bits per heavy atom. The van der Waals surface area contributed by atoms with Gasteiger partial charge in [-0.25, -0.2) is 15.0 Å². The van der Waals surface area contributed by atoms with Crippen molar-refractivity contribution in [2.24, 2.45) is 0 Å². The number of aryl methyl sites for hydroxylation is 1. The van der Waals surface area contributed by atoms with Crippen LogP contribution >= 0.6 is 11.3 Å². The topological polar surface area (TPSA) is 111 Å². The number of carbonyl (C=O) groups is 1. The monoisotopic (exact) mass is 521 g/mol. The number of anilines is 2. The fraction of sp³-hybridized carbons (Fsp3) is 0.417. The van der Waals surface area contributed by atoms with E-state index in [0.29, 0.717) is 49.6 Å². The third-order valence-corrected chi connectivity index (χ3v) is 7.26. The first-order valence-electron chi connectivity index (χ1n) is 11.4. The predicted molar refractivity (Wildman–Crippen MR) is 129 cm³/mol. The number of carboxylic acid groups (broad SMARTS) is 1. The van der Waals surface area contributed by atoms with Crippen molar-refractivity contribution >= 4 is 28.9 Å². The Bertz CT molecular complexity index is 1230. The van der Waals surface area contributed by atoms with Crippen molar-refractivity contribution in [3.63, 3.8) is 0 Å². The number of aromatic nitrogens is 3. The Kier molecular flexibility index (Phi) is 7.57. The number of hydrogen-bond acceptors (Lipinski definition) is 8. The van der Waals surface area contributed by atoms with Gasteiger partial charge >= 0.3 is 12.1 Å². The molecule has 0 unspecified atom stereocenters. The van der Waals surface area contributed by atoms with Gasteiger partial charge in [-0.3, -0.25) is 4.79 Å². The molecule has 12 heteroatoms. The molecule has 36 heavy (non-hydrogen) atoms. The number of halogens is 3. The molecular formula is C24H26F3N5O3S. The molecule has 1 saturated heterocycles. The van der Waals surface area contributed by atoms with Gasteiger partial charge < -0.3 is 20.4 Å². The van der Waals surface area contributed by atoms with Gasteiger partial charge in [0.25, 0.3) is 0 Å². The molecule has 3 N–H and O–H groups in total. The minimum absolute atomic E-state index is 0.129. The van der Waals surface area contributed by atoms with Crippen LogP contribution < -0.4 is 5.32 Å². The number of likely N-dealkylation sites (tertiary alicyclic amines) is 1. The second-order valence-corrected chi connectivity index (χ2v) is 9.91. The SMILES string of the molecule is Cc1cc(Nc2nccc(C(F)(F)F)n2)cc(-c2cnc(C3(O)CCN(CCCC(=O)O)CC3)s2)c1. The van der Waals surface area contributed by atoms with Gasteiger partial charge in [-0.1, -0.05) is 6.07 Å². The van der Waals surface area contributed by atoms with E-state index in [1.54, 1.807) is 18.3 Å². The standard InChI is InChI=1S/C24H26F3N5O3S/c1-15-11-16(13-17(12-15)30-22-28-7-4-19(31-22)24(25,26)27)18-14-29-21(36-18)23(35)5-9-32(10-6-23)8-2-3-20(33)34/h4,7,11-14,35H,2-3,5-6,8-10H2,1H3,(H,33,34)(H,28,30,31). The molecule has 1 aliphatic rings. The highest BCUT2D eigenvalue weighted by Crippen LogP contribution is 2.39. The molecule has 0 saturated carbocycles. The third-order valence-electron chi connectivity index (χ3n) is 6.02. The van der Waals surface area contributed by atoms with Crippen LogP contribution in [0.3, 0.4) is 0 Å². The predicted octanol–water partition coefficient (Wildman–Crippen LogP) is 4.82. The maximum absolute atomic E-state index is 13.0. The van der Waals surface area contributed by atoms with Crippen molar-refractivity contribution in [1.82, 2.24) is 19.9 Å². The van der Waals surface area contributed by atoms with Crippen LogP contribution in [-0.4, -0.2) is 55.7 Å². The number of rotatable bonds is 8. The summed E-state index contributed by atoms with van der Waals surface area (Å²) in [5.74, 6) is -0.966. The molecular weight excluding hydrogens is 495 g/mol. The number of nitrogens with one attached hydrogen (secondary N) is 1. The van der Waals surface area contributed by atoms with Crippen LogP contribution in [0.15, 0.2) is 36.7 Å². The second kappa shape index (κ2) is 10.5. The molecule has 0 spiro atoms. The summed E-state index contributed by atoms with van der Waals surface area (Å²) in [4.78, 5) is 25.6. The molecule has 4 rings (SSSR count). The molecule has 0 atom stereocenters. The number of aliphatic hydroxyl groups is 1. The average molecular weight is 522 g/mol. The Labute approximate surface area is 209 Å². The van der Waals surface area contributed by atoms with Gasteiger partial charge in [0.2, 0.25) is 5.95 Å². The first-order chi connectivity index (χ1) is 17.0. The lowest BCUT2D eigenvalue weighted by Gasteiger charge is -2.36. The minimum Gasteiger partial charge on any atom is -0.481 e. The van der Waals surface area contributed by atoms with Crippen LogP contribution in [0.2, 0.25) is 0 Å². The fourth-order valence-corrected chi connectivity index (χ4v) is 5.19. The number of nitrogens with zero attached hydrogens (tertiary/aromatic N) is 4. The van der Waals surface area contributed by atoms with Crippen molar-refractivity contribution < 1.29 is 28.2 Å². The molecule has 1 fully saturated rings. The quantitative estimate of drug-likeness (QED) is 0.387. The summed E-state index contributed by atoms with van der Waals surface area (Å²) in [5.41, 5.74) is 0.144. The fourth-order valence-electron chi connectivity index (χ4n) is 4.14. The van der Waals surface area contributed by atoms with E-state index in [1.807, 2.05) is 13.0 Å². The molecule has 0 radical (unpaired) electrons. The smallest absolute Gasteiger partial charge is 0.433 e.